The van der Waals surface area contributed by atoms with Crippen molar-refractivity contribution in [2.24, 2.45) is 4.99 Å². The Kier molecular flexibility index (Phi) is 6.23. The first-order valence-corrected chi connectivity index (χ1v) is 9.65. The third-order valence-electron chi connectivity index (χ3n) is 4.11. The van der Waals surface area contributed by atoms with Crippen LogP contribution in [-0.2, 0) is 4.79 Å². The zero-order chi connectivity index (χ0) is 21.0. The number of carboxylic acid groups (broad SMARTS) is 1. The molecule has 2 aromatic carbocycles. The Morgan fingerprint density at radius 2 is 2.03 bits per heavy atom. The van der Waals surface area contributed by atoms with E-state index < -0.39 is 5.97 Å². The number of thioether (sulfide) groups is 1. The molecule has 0 saturated carbocycles. The molecule has 0 aromatic heterocycles. The van der Waals surface area contributed by atoms with Gasteiger partial charge in [-0.15, -0.1) is 0 Å². The zero-order valence-corrected chi connectivity index (χ0v) is 17.0. The van der Waals surface area contributed by atoms with Crippen molar-refractivity contribution in [2.75, 3.05) is 20.8 Å². The van der Waals surface area contributed by atoms with E-state index >= 15 is 0 Å². The van der Waals surface area contributed by atoms with Gasteiger partial charge in [-0.25, -0.2) is 9.79 Å². The van der Waals surface area contributed by atoms with Crippen molar-refractivity contribution in [3.63, 3.8) is 0 Å². The maximum atomic E-state index is 12.6. The molecule has 150 valence electrons. The Balaban J connectivity index is 1.89. The van der Waals surface area contributed by atoms with Gasteiger partial charge in [-0.2, -0.15) is 0 Å². The van der Waals surface area contributed by atoms with Crippen molar-refractivity contribution < 1.29 is 24.2 Å². The summed E-state index contributed by atoms with van der Waals surface area (Å²) in [4.78, 5) is 30.1. The van der Waals surface area contributed by atoms with Crippen molar-refractivity contribution in [3.05, 3.63) is 58.5 Å². The van der Waals surface area contributed by atoms with E-state index in [1.807, 2.05) is 19.1 Å². The predicted molar refractivity (Wildman–Crippen MR) is 113 cm³/mol. The van der Waals surface area contributed by atoms with Gasteiger partial charge in [0.15, 0.2) is 16.7 Å². The number of aliphatic imine (C=N–C) groups is 1. The lowest BCUT2D eigenvalue weighted by Gasteiger charge is -2.09. The van der Waals surface area contributed by atoms with E-state index in [9.17, 15) is 9.59 Å². The number of amides is 1. The van der Waals surface area contributed by atoms with E-state index in [0.717, 1.165) is 5.56 Å². The maximum absolute atomic E-state index is 12.6. The van der Waals surface area contributed by atoms with Gasteiger partial charge >= 0.3 is 5.97 Å². The monoisotopic (exact) mass is 412 g/mol. The van der Waals surface area contributed by atoms with Crippen LogP contribution in [0.25, 0.3) is 6.08 Å². The topological polar surface area (TPSA) is 88.4 Å². The number of rotatable bonds is 6. The van der Waals surface area contributed by atoms with Crippen LogP contribution < -0.4 is 9.47 Å². The SMILES string of the molecule is CCOc1cc(/C=C2/SC(=Nc3cccc(C(=O)O)c3)N(C)C2=O)ccc1OC. The molecule has 7 nitrogen and oxygen atoms in total. The Bertz CT molecular complexity index is 1020. The minimum atomic E-state index is -1.03. The van der Waals surface area contributed by atoms with Crippen LogP contribution in [0.4, 0.5) is 5.69 Å². The van der Waals surface area contributed by atoms with Crippen molar-refractivity contribution in [3.8, 4) is 11.5 Å². The number of carbonyl (C=O) groups excluding carboxylic acids is 1. The first-order chi connectivity index (χ1) is 13.9. The first kappa shape index (κ1) is 20.5. The minimum absolute atomic E-state index is 0.140. The zero-order valence-electron chi connectivity index (χ0n) is 16.2. The summed E-state index contributed by atoms with van der Waals surface area (Å²) in [5.74, 6) is 0.0160. The Morgan fingerprint density at radius 1 is 1.24 bits per heavy atom. The molecule has 29 heavy (non-hydrogen) atoms. The predicted octanol–water partition coefficient (Wildman–Crippen LogP) is 4.03. The number of likely N-dealkylation sites (N-methyl/N-ethyl adjacent to an activating group) is 1. The normalized spacial score (nSPS) is 16.5. The summed E-state index contributed by atoms with van der Waals surface area (Å²) in [7, 11) is 3.21. The quantitative estimate of drug-likeness (QED) is 0.721. The highest BCUT2D eigenvalue weighted by atomic mass is 32.2. The lowest BCUT2D eigenvalue weighted by atomic mass is 10.2. The van der Waals surface area contributed by atoms with Crippen molar-refractivity contribution in [2.45, 2.75) is 6.92 Å². The first-order valence-electron chi connectivity index (χ1n) is 8.83. The van der Waals surface area contributed by atoms with Crippen LogP contribution in [0.3, 0.4) is 0 Å². The van der Waals surface area contributed by atoms with Crippen molar-refractivity contribution >= 4 is 40.6 Å². The van der Waals surface area contributed by atoms with Crippen LogP contribution in [0.2, 0.25) is 0 Å². The summed E-state index contributed by atoms with van der Waals surface area (Å²) < 4.78 is 10.9. The number of amidine groups is 1. The van der Waals surface area contributed by atoms with Crippen LogP contribution in [-0.4, -0.2) is 47.8 Å². The highest BCUT2D eigenvalue weighted by molar-refractivity contribution is 8.18. The molecule has 2 aromatic rings. The smallest absolute Gasteiger partial charge is 0.335 e. The summed E-state index contributed by atoms with van der Waals surface area (Å²) in [6.45, 7) is 2.39. The second-order valence-electron chi connectivity index (χ2n) is 6.07. The molecule has 1 aliphatic rings. The molecular formula is C21H20N2O5S. The van der Waals surface area contributed by atoms with Gasteiger partial charge in [0.05, 0.1) is 29.9 Å². The molecule has 1 heterocycles. The Morgan fingerprint density at radius 3 is 2.72 bits per heavy atom. The maximum Gasteiger partial charge on any atom is 0.335 e. The molecule has 1 fully saturated rings. The van der Waals surface area contributed by atoms with Crippen LogP contribution >= 0.6 is 11.8 Å². The Hall–Kier alpha value is -3.26. The number of carbonyl (C=O) groups is 2. The van der Waals surface area contributed by atoms with Gasteiger partial charge in [0, 0.05) is 7.05 Å². The van der Waals surface area contributed by atoms with Gasteiger partial charge in [-0.1, -0.05) is 12.1 Å². The molecule has 0 radical (unpaired) electrons. The molecule has 0 atom stereocenters. The summed E-state index contributed by atoms with van der Waals surface area (Å²) in [5, 5.41) is 9.60. The van der Waals surface area contributed by atoms with E-state index in [4.69, 9.17) is 14.6 Å². The van der Waals surface area contributed by atoms with Gasteiger partial charge < -0.3 is 14.6 Å². The molecule has 0 aliphatic carbocycles. The fourth-order valence-electron chi connectivity index (χ4n) is 2.67. The van der Waals surface area contributed by atoms with Gasteiger partial charge in [0.2, 0.25) is 0 Å². The Labute approximate surface area is 172 Å². The summed E-state index contributed by atoms with van der Waals surface area (Å²) in [6, 6.07) is 11.7. The van der Waals surface area contributed by atoms with Crippen LogP contribution in [0.1, 0.15) is 22.8 Å². The van der Waals surface area contributed by atoms with E-state index in [1.165, 1.54) is 28.8 Å². The highest BCUT2D eigenvalue weighted by Crippen LogP contribution is 2.35. The number of methoxy groups -OCH3 is 1. The van der Waals surface area contributed by atoms with E-state index in [0.29, 0.717) is 33.9 Å². The van der Waals surface area contributed by atoms with Crippen LogP contribution in [0.15, 0.2) is 52.4 Å². The third-order valence-corrected chi connectivity index (χ3v) is 5.17. The molecule has 0 unspecified atom stereocenters. The van der Waals surface area contributed by atoms with Gasteiger partial charge in [0.25, 0.3) is 5.91 Å². The van der Waals surface area contributed by atoms with Gasteiger partial charge in [0.1, 0.15) is 0 Å². The second kappa shape index (κ2) is 8.83. The number of benzene rings is 2. The van der Waals surface area contributed by atoms with Gasteiger partial charge in [-0.05, 0) is 60.7 Å². The molecule has 3 rings (SSSR count). The third kappa shape index (κ3) is 4.60. The van der Waals surface area contributed by atoms with E-state index in [2.05, 4.69) is 4.99 Å². The number of carboxylic acids is 1. The lowest BCUT2D eigenvalue weighted by Crippen LogP contribution is -2.23. The van der Waals surface area contributed by atoms with Crippen LogP contribution in [0, 0.1) is 0 Å². The number of hydrogen-bond acceptors (Lipinski definition) is 6. The van der Waals surface area contributed by atoms with Crippen molar-refractivity contribution in [1.82, 2.24) is 4.90 Å². The van der Waals surface area contributed by atoms with Crippen LogP contribution in [0.5, 0.6) is 11.5 Å². The number of nitrogens with zero attached hydrogens (tertiary/aromatic N) is 2. The molecular weight excluding hydrogens is 392 g/mol. The van der Waals surface area contributed by atoms with E-state index in [-0.39, 0.29) is 11.5 Å². The number of hydrogen-bond donors (Lipinski definition) is 1. The van der Waals surface area contributed by atoms with Crippen molar-refractivity contribution in [1.29, 1.82) is 0 Å². The standard InChI is InChI=1S/C21H20N2O5S/c1-4-28-17-10-13(8-9-16(17)27-3)11-18-19(24)23(2)21(29-18)22-15-7-5-6-14(12-15)20(25)26/h5-12H,4H2,1-3H3,(H,25,26)/b18-11+,22-21?. The molecule has 0 bridgehead atoms. The average molecular weight is 412 g/mol. The molecule has 1 N–H and O–H groups in total. The fourth-order valence-corrected chi connectivity index (χ4v) is 3.66. The largest absolute Gasteiger partial charge is 0.493 e. The average Bonchev–Trinajstić information content (AvgIpc) is 2.96. The number of ether oxygens (including phenoxy) is 2. The summed E-state index contributed by atoms with van der Waals surface area (Å²) in [6.07, 6.45) is 1.77. The molecule has 8 heteroatoms. The van der Waals surface area contributed by atoms with Gasteiger partial charge in [-0.3, -0.25) is 9.69 Å². The number of aromatic carboxylic acids is 1. The lowest BCUT2D eigenvalue weighted by molar-refractivity contribution is -0.121. The molecule has 1 amide bonds. The molecule has 1 saturated heterocycles. The molecule has 1 aliphatic heterocycles. The second-order valence-corrected chi connectivity index (χ2v) is 7.08. The molecule has 0 spiro atoms. The summed E-state index contributed by atoms with van der Waals surface area (Å²) >= 11 is 1.23. The fraction of sp³-hybridized carbons (Fsp3) is 0.190. The van der Waals surface area contributed by atoms with E-state index in [1.54, 1.807) is 38.4 Å². The highest BCUT2D eigenvalue weighted by Gasteiger charge is 2.30. The minimum Gasteiger partial charge on any atom is -0.493 e. The summed E-state index contributed by atoms with van der Waals surface area (Å²) in [5.41, 5.74) is 1.41.